The predicted octanol–water partition coefficient (Wildman–Crippen LogP) is -1.28. The minimum absolute atomic E-state index is 0.00514. The van der Waals surface area contributed by atoms with Gasteiger partial charge in [-0.1, -0.05) is 0 Å². The van der Waals surface area contributed by atoms with Gasteiger partial charge >= 0.3 is 155 Å². The topological polar surface area (TPSA) is 114 Å². The summed E-state index contributed by atoms with van der Waals surface area (Å²) in [5.41, 5.74) is -0.531. The Bertz CT molecular complexity index is 863. The van der Waals surface area contributed by atoms with E-state index in [9.17, 15) is 19.8 Å². The van der Waals surface area contributed by atoms with E-state index in [-0.39, 0.29) is 28.0 Å². The van der Waals surface area contributed by atoms with Gasteiger partial charge in [-0.3, -0.25) is 0 Å². The van der Waals surface area contributed by atoms with Crippen molar-refractivity contribution >= 4 is 19.4 Å². The number of hydrogen-bond acceptors (Lipinski definition) is 6. The first-order valence-electron chi connectivity index (χ1n) is 8.07. The van der Waals surface area contributed by atoms with E-state index in [1.54, 1.807) is 7.11 Å². The van der Waals surface area contributed by atoms with Crippen LogP contribution in [-0.2, 0) is 10.1 Å². The molecule has 1 fully saturated rings. The molecular weight excluding hydrogens is 407 g/mol. The van der Waals surface area contributed by atoms with Gasteiger partial charge in [0.1, 0.15) is 0 Å². The molecule has 3 N–H and O–H groups in total. The summed E-state index contributed by atoms with van der Waals surface area (Å²) in [6.45, 7) is -0.330. The molecule has 0 unspecified atom stereocenters. The molecule has 0 aliphatic carbocycles. The summed E-state index contributed by atoms with van der Waals surface area (Å²) in [6.07, 6.45) is -0.621. The fourth-order valence-corrected chi connectivity index (χ4v) is 4.52. The Kier molecular flexibility index (Phi) is 5.95. The molecule has 1 aromatic carbocycles. The number of aliphatic hydroxyl groups is 2. The van der Waals surface area contributed by atoms with E-state index >= 15 is 0 Å². The summed E-state index contributed by atoms with van der Waals surface area (Å²) in [6, 6.07) is 7.63. The van der Waals surface area contributed by atoms with Crippen LogP contribution in [-0.4, -0.2) is 60.6 Å². The molecule has 140 valence electrons. The Labute approximate surface area is 155 Å². The van der Waals surface area contributed by atoms with E-state index in [1.807, 2.05) is 24.3 Å². The van der Waals surface area contributed by atoms with Crippen LogP contribution in [0.15, 0.2) is 40.1 Å². The first-order chi connectivity index (χ1) is 12.5. The molecule has 0 spiro atoms. The molecule has 2 aromatic rings. The van der Waals surface area contributed by atoms with E-state index in [0.717, 1.165) is 10.2 Å². The molecule has 1 saturated heterocycles. The zero-order valence-electron chi connectivity index (χ0n) is 14.1. The minimum atomic E-state index is -0.851. The quantitative estimate of drug-likeness (QED) is 0.495. The molecule has 0 bridgehead atoms. The molecule has 1 aliphatic rings. The molecule has 1 aliphatic heterocycles. The Morgan fingerprint density at radius 3 is 2.69 bits per heavy atom. The zero-order valence-corrected chi connectivity index (χ0v) is 15.8. The van der Waals surface area contributed by atoms with Gasteiger partial charge < -0.3 is 0 Å². The van der Waals surface area contributed by atoms with E-state index < -0.39 is 29.7 Å². The summed E-state index contributed by atoms with van der Waals surface area (Å²) in [5.74, 6) is 0.770. The predicted molar refractivity (Wildman–Crippen MR) is 95.0 cm³/mol. The van der Waals surface area contributed by atoms with Crippen molar-refractivity contribution in [3.8, 4) is 5.75 Å². The van der Waals surface area contributed by atoms with Crippen molar-refractivity contribution in [2.75, 3.05) is 13.7 Å². The van der Waals surface area contributed by atoms with Crippen LogP contribution in [0, 0.1) is 0 Å². The Morgan fingerprint density at radius 2 is 2.08 bits per heavy atom. The van der Waals surface area contributed by atoms with Gasteiger partial charge in [-0.2, -0.15) is 0 Å². The molecule has 2 heterocycles. The Hall–Kier alpha value is -1.90. The fourth-order valence-electron chi connectivity index (χ4n) is 2.73. The first kappa shape index (κ1) is 18.9. The number of rotatable bonds is 6. The molecule has 3 rings (SSSR count). The number of hydrogen-bond donors (Lipinski definition) is 3. The van der Waals surface area contributed by atoms with Crippen molar-refractivity contribution in [3.05, 3.63) is 56.9 Å². The Morgan fingerprint density at radius 1 is 1.35 bits per heavy atom. The van der Waals surface area contributed by atoms with E-state index in [1.165, 1.54) is 10.8 Å². The second-order valence-corrected chi connectivity index (χ2v) is 8.10. The zero-order chi connectivity index (χ0) is 18.7. The van der Waals surface area contributed by atoms with Crippen LogP contribution in [0.3, 0.4) is 0 Å². The van der Waals surface area contributed by atoms with Gasteiger partial charge in [0.2, 0.25) is 0 Å². The number of methoxy groups -OCH3 is 1. The normalized spacial score (nSPS) is 22.5. The summed E-state index contributed by atoms with van der Waals surface area (Å²) in [7, 11) is 1.60. The van der Waals surface area contributed by atoms with Crippen molar-refractivity contribution in [1.82, 2.24) is 9.55 Å². The van der Waals surface area contributed by atoms with Gasteiger partial charge in [-0.15, -0.1) is 0 Å². The molecule has 0 saturated carbocycles. The first-order valence-corrected chi connectivity index (χ1v) is 10.1. The SMILES string of the molecule is COc1ccc([Se]Cc2cn([C@H]3C[C@H](O)[C@@H](CO)O3)c(=O)[nH]c2=O)cc1. The van der Waals surface area contributed by atoms with Gasteiger partial charge in [-0.05, 0) is 0 Å². The maximum atomic E-state index is 12.1. The van der Waals surface area contributed by atoms with E-state index in [2.05, 4.69) is 4.98 Å². The van der Waals surface area contributed by atoms with Crippen molar-refractivity contribution in [3.63, 3.8) is 0 Å². The summed E-state index contributed by atoms with van der Waals surface area (Å²) in [4.78, 5) is 26.5. The van der Waals surface area contributed by atoms with Crippen LogP contribution >= 0.6 is 0 Å². The molecule has 8 nitrogen and oxygen atoms in total. The van der Waals surface area contributed by atoms with Gasteiger partial charge in [0.15, 0.2) is 0 Å². The molecule has 0 radical (unpaired) electrons. The Balaban J connectivity index is 1.77. The number of aliphatic hydroxyl groups excluding tert-OH is 2. The second kappa shape index (κ2) is 8.20. The molecule has 3 atom stereocenters. The number of benzene rings is 1. The summed E-state index contributed by atoms with van der Waals surface area (Å²) in [5, 5.41) is 19.5. The van der Waals surface area contributed by atoms with Gasteiger partial charge in [0.05, 0.1) is 0 Å². The van der Waals surface area contributed by atoms with Crippen LogP contribution in [0.5, 0.6) is 5.75 Å². The number of aromatic nitrogens is 2. The summed E-state index contributed by atoms with van der Waals surface area (Å²) < 4.78 is 13.0. The average Bonchev–Trinajstić information content (AvgIpc) is 3.02. The molecule has 26 heavy (non-hydrogen) atoms. The third-order valence-electron chi connectivity index (χ3n) is 4.19. The van der Waals surface area contributed by atoms with Crippen LogP contribution in [0.2, 0.25) is 0 Å². The van der Waals surface area contributed by atoms with Crippen molar-refractivity contribution in [2.24, 2.45) is 0 Å². The van der Waals surface area contributed by atoms with Crippen molar-refractivity contribution < 1.29 is 19.7 Å². The number of nitrogens with zero attached hydrogens (tertiary/aromatic N) is 1. The van der Waals surface area contributed by atoms with Crippen LogP contribution in [0.1, 0.15) is 18.2 Å². The maximum absolute atomic E-state index is 12.1. The van der Waals surface area contributed by atoms with Crippen LogP contribution in [0.25, 0.3) is 0 Å². The van der Waals surface area contributed by atoms with Gasteiger partial charge in [-0.25, -0.2) is 0 Å². The van der Waals surface area contributed by atoms with E-state index in [4.69, 9.17) is 9.47 Å². The third kappa shape index (κ3) is 4.08. The second-order valence-electron chi connectivity index (χ2n) is 5.90. The molecular formula is C17H20N2O6Se. The third-order valence-corrected chi connectivity index (χ3v) is 6.42. The molecule has 1 aromatic heterocycles. The number of H-pyrrole nitrogens is 1. The number of aromatic amines is 1. The summed E-state index contributed by atoms with van der Waals surface area (Å²) >= 11 is 0.00514. The fraction of sp³-hybridized carbons (Fsp3) is 0.412. The molecule has 0 amide bonds. The van der Waals surface area contributed by atoms with Crippen molar-refractivity contribution in [1.29, 1.82) is 0 Å². The van der Waals surface area contributed by atoms with E-state index in [0.29, 0.717) is 10.9 Å². The monoisotopic (exact) mass is 428 g/mol. The molecule has 9 heteroatoms. The average molecular weight is 427 g/mol. The van der Waals surface area contributed by atoms with Gasteiger partial charge in [0, 0.05) is 0 Å². The van der Waals surface area contributed by atoms with Crippen LogP contribution < -0.4 is 20.4 Å². The van der Waals surface area contributed by atoms with Gasteiger partial charge in [0.25, 0.3) is 0 Å². The standard InChI is InChI=1S/C17H20N2O6Se/c1-24-11-2-4-12(5-3-11)26-9-10-7-19(17(23)18-16(10)22)15-6-13(21)14(8-20)25-15/h2-5,7,13-15,20-21H,6,8-9H2,1H3,(H,18,22,23)/t13-,14+,15+/m0/s1. The van der Waals surface area contributed by atoms with Crippen molar-refractivity contribution in [2.45, 2.75) is 30.2 Å². The number of ether oxygens (including phenoxy) is 2. The number of nitrogens with one attached hydrogen (secondary N) is 1. The van der Waals surface area contributed by atoms with Crippen LogP contribution in [0.4, 0.5) is 0 Å².